The van der Waals surface area contributed by atoms with Gasteiger partial charge in [0.05, 0.1) is 10.6 Å². The topological polar surface area (TPSA) is 121 Å². The van der Waals surface area contributed by atoms with Gasteiger partial charge in [-0.2, -0.15) is 4.73 Å². The Bertz CT molecular complexity index is 1610. The number of benzene rings is 1. The summed E-state index contributed by atoms with van der Waals surface area (Å²) in [5.41, 5.74) is -0.0148. The van der Waals surface area contributed by atoms with Crippen molar-refractivity contribution in [2.75, 3.05) is 6.61 Å². The van der Waals surface area contributed by atoms with Crippen LogP contribution in [0.15, 0.2) is 53.7 Å². The van der Waals surface area contributed by atoms with Gasteiger partial charge in [0.2, 0.25) is 5.78 Å². The highest BCUT2D eigenvalue weighted by atomic mass is 35.5. The van der Waals surface area contributed by atoms with Crippen LogP contribution < -0.4 is 15.6 Å². The summed E-state index contributed by atoms with van der Waals surface area (Å²) < 4.78 is 22.4. The summed E-state index contributed by atoms with van der Waals surface area (Å²) in [6.45, 7) is -0.581. The molecule has 0 radical (unpaired) electrons. The number of Topliss-reactive ketones (excluding diaryl/α,β-unsaturated/α-hetero) is 1. The molecule has 1 aliphatic heterocycles. The van der Waals surface area contributed by atoms with Crippen LogP contribution in [-0.4, -0.2) is 34.4 Å². The molecule has 2 aliphatic carbocycles. The lowest BCUT2D eigenvalue weighted by atomic mass is 9.89. The van der Waals surface area contributed by atoms with Crippen LogP contribution in [0, 0.1) is 16.9 Å². The Morgan fingerprint density at radius 2 is 1.90 bits per heavy atom. The standard InChI is InChI=1S/C29H25ClFN3O6/c30-21-4-3-18-13-29(7-8-29)32-27(37)20-14-34(24(36)12-19(20)25(18)26(21)31)22(11-16-1-2-16)28(38)40-15-23(35)17-5-9-33(39)10-6-17/h3-6,9-10,12,14,16,22H,1-2,7-8,11,13,15H2,(H,32,37). The first-order valence-corrected chi connectivity index (χ1v) is 13.5. The number of rotatable bonds is 7. The summed E-state index contributed by atoms with van der Waals surface area (Å²) >= 11 is 6.10. The van der Waals surface area contributed by atoms with E-state index < -0.39 is 47.2 Å². The zero-order valence-electron chi connectivity index (χ0n) is 21.3. The number of carbonyl (C=O) groups is 3. The minimum Gasteiger partial charge on any atom is -0.619 e. The Hall–Kier alpha value is -4.05. The molecule has 3 aliphatic rings. The lowest BCUT2D eigenvalue weighted by molar-refractivity contribution is -0.605. The average molecular weight is 566 g/mol. The highest BCUT2D eigenvalue weighted by Crippen LogP contribution is 2.45. The largest absolute Gasteiger partial charge is 0.619 e. The second-order valence-corrected chi connectivity index (χ2v) is 11.2. The lowest BCUT2D eigenvalue weighted by Crippen LogP contribution is -2.41. The van der Waals surface area contributed by atoms with Crippen molar-refractivity contribution in [2.24, 2.45) is 5.92 Å². The molecule has 1 spiro atoms. The number of hydrogen-bond donors (Lipinski definition) is 1. The van der Waals surface area contributed by atoms with Gasteiger partial charge in [-0.3, -0.25) is 14.4 Å². The van der Waals surface area contributed by atoms with Crippen molar-refractivity contribution < 1.29 is 28.2 Å². The number of ether oxygens (including phenoxy) is 1. The molecule has 1 aromatic carbocycles. The molecule has 0 bridgehead atoms. The molecule has 3 heterocycles. The zero-order chi connectivity index (χ0) is 28.2. The molecule has 1 atom stereocenters. The SMILES string of the molecule is O=C(COC(=O)C(CC1CC1)n1cc2c(cc1=O)-c1c(ccc(Cl)c1F)CC1(CC1)NC2=O)c1cc[n+]([O-])cc1. The van der Waals surface area contributed by atoms with E-state index >= 15 is 4.39 Å². The predicted octanol–water partition coefficient (Wildman–Crippen LogP) is 3.53. The van der Waals surface area contributed by atoms with Crippen LogP contribution >= 0.6 is 11.6 Å². The number of amides is 1. The van der Waals surface area contributed by atoms with Crippen molar-refractivity contribution in [3.63, 3.8) is 0 Å². The van der Waals surface area contributed by atoms with Crippen molar-refractivity contribution in [2.45, 2.75) is 50.1 Å². The van der Waals surface area contributed by atoms with Gasteiger partial charge in [-0.1, -0.05) is 30.5 Å². The van der Waals surface area contributed by atoms with E-state index in [1.807, 2.05) is 0 Å². The van der Waals surface area contributed by atoms with Crippen LogP contribution in [0.1, 0.15) is 64.4 Å². The Morgan fingerprint density at radius 3 is 2.58 bits per heavy atom. The van der Waals surface area contributed by atoms with Crippen LogP contribution in [0.3, 0.4) is 0 Å². The first kappa shape index (κ1) is 26.2. The monoisotopic (exact) mass is 565 g/mol. The third-order valence-electron chi connectivity index (χ3n) is 7.87. The molecule has 2 saturated carbocycles. The van der Waals surface area contributed by atoms with E-state index in [9.17, 15) is 24.4 Å². The molecule has 11 heteroatoms. The van der Waals surface area contributed by atoms with Crippen molar-refractivity contribution in [3.8, 4) is 11.1 Å². The van der Waals surface area contributed by atoms with E-state index in [0.717, 1.165) is 42.6 Å². The van der Waals surface area contributed by atoms with Crippen LogP contribution in [0.25, 0.3) is 11.1 Å². The van der Waals surface area contributed by atoms with Crippen LogP contribution in [-0.2, 0) is 16.0 Å². The number of carbonyl (C=O) groups excluding carboxylic acids is 3. The van der Waals surface area contributed by atoms with Crippen LogP contribution in [0.5, 0.6) is 0 Å². The van der Waals surface area contributed by atoms with E-state index in [2.05, 4.69) is 5.32 Å². The van der Waals surface area contributed by atoms with Gasteiger partial charge < -0.3 is 19.8 Å². The molecule has 6 rings (SSSR count). The van der Waals surface area contributed by atoms with E-state index in [-0.39, 0.29) is 39.6 Å². The van der Waals surface area contributed by atoms with E-state index in [4.69, 9.17) is 16.3 Å². The molecule has 40 heavy (non-hydrogen) atoms. The highest BCUT2D eigenvalue weighted by Gasteiger charge is 2.46. The van der Waals surface area contributed by atoms with E-state index in [1.54, 1.807) is 6.07 Å². The number of halogens is 2. The van der Waals surface area contributed by atoms with Crippen molar-refractivity contribution in [3.05, 3.63) is 92.0 Å². The molecule has 206 valence electrons. The second-order valence-electron chi connectivity index (χ2n) is 10.8. The number of aromatic nitrogens is 2. The quantitative estimate of drug-likeness (QED) is 0.202. The molecule has 1 unspecified atom stereocenters. The number of ketones is 1. The Balaban J connectivity index is 1.37. The molecule has 0 saturated heterocycles. The fourth-order valence-electron chi connectivity index (χ4n) is 5.29. The van der Waals surface area contributed by atoms with E-state index in [1.165, 1.54) is 30.5 Å². The predicted molar refractivity (Wildman–Crippen MR) is 141 cm³/mol. The smallest absolute Gasteiger partial charge is 0.329 e. The van der Waals surface area contributed by atoms with Gasteiger partial charge in [0.15, 0.2) is 19.0 Å². The van der Waals surface area contributed by atoms with Crippen molar-refractivity contribution in [1.29, 1.82) is 0 Å². The van der Waals surface area contributed by atoms with Crippen LogP contribution in [0.2, 0.25) is 5.02 Å². The van der Waals surface area contributed by atoms with Gasteiger partial charge >= 0.3 is 5.97 Å². The number of hydrogen-bond acceptors (Lipinski definition) is 6. The molecule has 3 aromatic rings. The van der Waals surface area contributed by atoms with E-state index in [0.29, 0.717) is 16.7 Å². The summed E-state index contributed by atoms with van der Waals surface area (Å²) in [5, 5.41) is 14.2. The van der Waals surface area contributed by atoms with Gasteiger partial charge in [0, 0.05) is 46.6 Å². The molecule has 2 aromatic heterocycles. The first-order valence-electron chi connectivity index (χ1n) is 13.1. The summed E-state index contributed by atoms with van der Waals surface area (Å²) in [7, 11) is 0. The molecule has 1 amide bonds. The maximum absolute atomic E-state index is 15.4. The van der Waals surface area contributed by atoms with Gasteiger partial charge in [-0.25, -0.2) is 9.18 Å². The molecule has 9 nitrogen and oxygen atoms in total. The Labute approximate surface area is 233 Å². The number of fused-ring (bicyclic) bond motifs is 3. The molecular weight excluding hydrogens is 541 g/mol. The van der Waals surface area contributed by atoms with Crippen molar-refractivity contribution >= 4 is 29.3 Å². The maximum atomic E-state index is 15.4. The minimum atomic E-state index is -1.09. The van der Waals surface area contributed by atoms with Gasteiger partial charge in [-0.15, -0.1) is 0 Å². The zero-order valence-corrected chi connectivity index (χ0v) is 22.1. The summed E-state index contributed by atoms with van der Waals surface area (Å²) in [5.74, 6) is -2.30. The van der Waals surface area contributed by atoms with Crippen molar-refractivity contribution in [1.82, 2.24) is 9.88 Å². The maximum Gasteiger partial charge on any atom is 0.329 e. The third kappa shape index (κ3) is 4.99. The fourth-order valence-corrected chi connectivity index (χ4v) is 5.44. The molecule has 2 fully saturated rings. The third-order valence-corrected chi connectivity index (χ3v) is 8.16. The normalized spacial score (nSPS) is 17.6. The average Bonchev–Trinajstić information content (AvgIpc) is 3.86. The lowest BCUT2D eigenvalue weighted by Gasteiger charge is -2.26. The molecule has 1 N–H and O–H groups in total. The molecular formula is C29H25ClFN3O6. The first-order chi connectivity index (χ1) is 19.1. The van der Waals surface area contributed by atoms with Crippen LogP contribution in [0.4, 0.5) is 4.39 Å². The Kier molecular flexibility index (Phi) is 6.45. The minimum absolute atomic E-state index is 0.0490. The fraction of sp³-hybridized carbons (Fsp3) is 0.345. The summed E-state index contributed by atoms with van der Waals surface area (Å²) in [6.07, 6.45) is 7.53. The summed E-state index contributed by atoms with van der Waals surface area (Å²) in [6, 6.07) is 5.89. The summed E-state index contributed by atoms with van der Waals surface area (Å²) in [4.78, 5) is 52.7. The van der Waals surface area contributed by atoms with Gasteiger partial charge in [0.25, 0.3) is 11.5 Å². The van der Waals surface area contributed by atoms with Gasteiger partial charge in [-0.05, 0) is 43.2 Å². The highest BCUT2D eigenvalue weighted by molar-refractivity contribution is 6.31. The van der Waals surface area contributed by atoms with Gasteiger partial charge in [0.1, 0.15) is 11.9 Å². The number of esters is 1. The Morgan fingerprint density at radius 1 is 1.18 bits per heavy atom. The number of nitrogens with zero attached hydrogens (tertiary/aromatic N) is 2. The number of nitrogens with one attached hydrogen (secondary N) is 1. The number of pyridine rings is 2. The second kappa shape index (κ2) is 9.85.